The Morgan fingerprint density at radius 1 is 1.38 bits per heavy atom. The Morgan fingerprint density at radius 3 is 2.67 bits per heavy atom. The van der Waals surface area contributed by atoms with E-state index in [1.807, 2.05) is 19.0 Å². The lowest BCUT2D eigenvalue weighted by atomic mass is 9.94. The van der Waals surface area contributed by atoms with E-state index < -0.39 is 0 Å². The van der Waals surface area contributed by atoms with Gasteiger partial charge in [0.15, 0.2) is 0 Å². The highest BCUT2D eigenvalue weighted by Gasteiger charge is 2.34. The van der Waals surface area contributed by atoms with E-state index >= 15 is 0 Å². The van der Waals surface area contributed by atoms with Gasteiger partial charge in [0.1, 0.15) is 0 Å². The van der Waals surface area contributed by atoms with Crippen LogP contribution >= 0.6 is 0 Å². The van der Waals surface area contributed by atoms with Crippen LogP contribution in [0.3, 0.4) is 0 Å². The average molecular weight is 299 g/mol. The first-order valence-electron chi connectivity index (χ1n) is 8.30. The standard InChI is InChI=1S/C16H33N3O2/c1-4-5-13(8-9-17)6-7-16(21)19-12-15(20)10-14(19)11-18(2)3/h13-15,20H,4-12,17H2,1-3H3. The van der Waals surface area contributed by atoms with Gasteiger partial charge in [0.2, 0.25) is 5.91 Å². The van der Waals surface area contributed by atoms with Crippen LogP contribution in [0.2, 0.25) is 0 Å². The Bertz CT molecular complexity index is 304. The van der Waals surface area contributed by atoms with Gasteiger partial charge in [0, 0.05) is 25.6 Å². The van der Waals surface area contributed by atoms with Crippen LogP contribution in [0, 0.1) is 5.92 Å². The molecule has 3 atom stereocenters. The highest BCUT2D eigenvalue weighted by Crippen LogP contribution is 2.22. The van der Waals surface area contributed by atoms with Crippen LogP contribution in [0.5, 0.6) is 0 Å². The van der Waals surface area contributed by atoms with E-state index in [0.29, 0.717) is 31.8 Å². The average Bonchev–Trinajstić information content (AvgIpc) is 2.76. The van der Waals surface area contributed by atoms with Crippen molar-refractivity contribution in [3.8, 4) is 0 Å². The number of carbonyl (C=O) groups is 1. The number of aliphatic hydroxyl groups is 1. The Kier molecular flexibility index (Phi) is 8.22. The van der Waals surface area contributed by atoms with E-state index in [0.717, 1.165) is 32.2 Å². The number of β-amino-alcohol motifs (C(OH)–C–C–N with tert-alkyl or cyclic N) is 1. The van der Waals surface area contributed by atoms with Crippen molar-refractivity contribution in [2.75, 3.05) is 33.7 Å². The second-order valence-corrected chi connectivity index (χ2v) is 6.62. The summed E-state index contributed by atoms with van der Waals surface area (Å²) < 4.78 is 0. The number of hydrogen-bond acceptors (Lipinski definition) is 4. The zero-order valence-electron chi connectivity index (χ0n) is 13.9. The van der Waals surface area contributed by atoms with E-state index in [-0.39, 0.29) is 18.1 Å². The van der Waals surface area contributed by atoms with Crippen LogP contribution in [-0.2, 0) is 4.79 Å². The molecule has 1 rings (SSSR count). The molecule has 0 bridgehead atoms. The monoisotopic (exact) mass is 299 g/mol. The molecule has 3 N–H and O–H groups in total. The van der Waals surface area contributed by atoms with Crippen molar-refractivity contribution in [1.29, 1.82) is 0 Å². The molecule has 1 fully saturated rings. The van der Waals surface area contributed by atoms with Gasteiger partial charge >= 0.3 is 0 Å². The first-order chi connectivity index (χ1) is 9.97. The number of carbonyl (C=O) groups excluding carboxylic acids is 1. The summed E-state index contributed by atoms with van der Waals surface area (Å²) in [6, 6.07) is 0.154. The van der Waals surface area contributed by atoms with E-state index in [9.17, 15) is 9.90 Å². The smallest absolute Gasteiger partial charge is 0.222 e. The lowest BCUT2D eigenvalue weighted by molar-refractivity contribution is -0.132. The Morgan fingerprint density at radius 2 is 2.10 bits per heavy atom. The molecule has 0 aromatic carbocycles. The first-order valence-corrected chi connectivity index (χ1v) is 8.30. The van der Waals surface area contributed by atoms with Gasteiger partial charge in [0.25, 0.3) is 0 Å². The van der Waals surface area contributed by atoms with Crippen molar-refractivity contribution >= 4 is 5.91 Å². The maximum atomic E-state index is 12.5. The van der Waals surface area contributed by atoms with Crippen molar-refractivity contribution in [2.24, 2.45) is 11.7 Å². The summed E-state index contributed by atoms with van der Waals surface area (Å²) in [5.41, 5.74) is 5.65. The molecule has 3 unspecified atom stereocenters. The van der Waals surface area contributed by atoms with Crippen molar-refractivity contribution < 1.29 is 9.90 Å². The normalized spacial score (nSPS) is 23.8. The Hall–Kier alpha value is -0.650. The molecule has 1 aliphatic heterocycles. The topological polar surface area (TPSA) is 69.8 Å². The molecule has 124 valence electrons. The summed E-state index contributed by atoms with van der Waals surface area (Å²) in [6.07, 6.45) is 5.13. The fourth-order valence-corrected chi connectivity index (χ4v) is 3.34. The molecule has 5 nitrogen and oxygen atoms in total. The van der Waals surface area contributed by atoms with Gasteiger partial charge in [-0.05, 0) is 45.8 Å². The van der Waals surface area contributed by atoms with Gasteiger partial charge < -0.3 is 20.6 Å². The van der Waals surface area contributed by atoms with E-state index in [2.05, 4.69) is 11.8 Å². The molecule has 0 spiro atoms. The molecular formula is C16H33N3O2. The molecular weight excluding hydrogens is 266 g/mol. The van der Waals surface area contributed by atoms with Crippen molar-refractivity contribution in [3.05, 3.63) is 0 Å². The van der Waals surface area contributed by atoms with Crippen LogP contribution < -0.4 is 5.73 Å². The third-order valence-corrected chi connectivity index (χ3v) is 4.33. The van der Waals surface area contributed by atoms with Gasteiger partial charge in [-0.25, -0.2) is 0 Å². The summed E-state index contributed by atoms with van der Waals surface area (Å²) in [5.74, 6) is 0.750. The molecule has 0 aromatic rings. The van der Waals surface area contributed by atoms with Gasteiger partial charge in [-0.1, -0.05) is 19.8 Å². The van der Waals surface area contributed by atoms with Crippen molar-refractivity contribution in [1.82, 2.24) is 9.80 Å². The van der Waals surface area contributed by atoms with Gasteiger partial charge in [0.05, 0.1) is 6.10 Å². The molecule has 0 aromatic heterocycles. The second-order valence-electron chi connectivity index (χ2n) is 6.62. The van der Waals surface area contributed by atoms with Gasteiger partial charge in [-0.15, -0.1) is 0 Å². The minimum atomic E-state index is -0.366. The summed E-state index contributed by atoms with van der Waals surface area (Å²) in [6.45, 7) is 4.19. The predicted octanol–water partition coefficient (Wildman–Crippen LogP) is 1.06. The van der Waals surface area contributed by atoms with Crippen LogP contribution in [-0.4, -0.2) is 66.7 Å². The van der Waals surface area contributed by atoms with Crippen molar-refractivity contribution in [3.63, 3.8) is 0 Å². The molecule has 1 aliphatic rings. The van der Waals surface area contributed by atoms with Gasteiger partial charge in [-0.3, -0.25) is 4.79 Å². The first kappa shape index (κ1) is 18.4. The van der Waals surface area contributed by atoms with Gasteiger partial charge in [-0.2, -0.15) is 0 Å². The molecule has 0 saturated carbocycles. The van der Waals surface area contributed by atoms with Crippen LogP contribution in [0.4, 0.5) is 0 Å². The quantitative estimate of drug-likeness (QED) is 0.668. The molecule has 0 radical (unpaired) electrons. The molecule has 1 amide bonds. The highest BCUT2D eigenvalue weighted by molar-refractivity contribution is 5.77. The van der Waals surface area contributed by atoms with E-state index in [1.165, 1.54) is 0 Å². The number of rotatable bonds is 9. The van der Waals surface area contributed by atoms with Crippen LogP contribution in [0.1, 0.15) is 45.4 Å². The number of likely N-dealkylation sites (tertiary alicyclic amines) is 1. The zero-order valence-corrected chi connectivity index (χ0v) is 13.9. The molecule has 0 aliphatic carbocycles. The number of likely N-dealkylation sites (N-methyl/N-ethyl adjacent to an activating group) is 1. The van der Waals surface area contributed by atoms with E-state index in [1.54, 1.807) is 0 Å². The zero-order chi connectivity index (χ0) is 15.8. The summed E-state index contributed by atoms with van der Waals surface area (Å²) >= 11 is 0. The fourth-order valence-electron chi connectivity index (χ4n) is 3.34. The number of hydrogen-bond donors (Lipinski definition) is 2. The number of nitrogens with two attached hydrogens (primary N) is 1. The van der Waals surface area contributed by atoms with Crippen molar-refractivity contribution in [2.45, 2.75) is 57.6 Å². The predicted molar refractivity (Wildman–Crippen MR) is 86.0 cm³/mol. The SMILES string of the molecule is CCCC(CCN)CCC(=O)N1CC(O)CC1CN(C)C. The number of aliphatic hydroxyl groups excluding tert-OH is 1. The van der Waals surface area contributed by atoms with Crippen LogP contribution in [0.25, 0.3) is 0 Å². The maximum absolute atomic E-state index is 12.5. The third kappa shape index (κ3) is 6.32. The Balaban J connectivity index is 2.48. The minimum Gasteiger partial charge on any atom is -0.391 e. The minimum absolute atomic E-state index is 0.154. The number of nitrogens with zero attached hydrogens (tertiary/aromatic N) is 2. The molecule has 1 saturated heterocycles. The Labute approximate surface area is 129 Å². The van der Waals surface area contributed by atoms with E-state index in [4.69, 9.17) is 5.73 Å². The summed E-state index contributed by atoms with van der Waals surface area (Å²) in [4.78, 5) is 16.4. The highest BCUT2D eigenvalue weighted by atomic mass is 16.3. The summed E-state index contributed by atoms with van der Waals surface area (Å²) in [7, 11) is 4.01. The summed E-state index contributed by atoms with van der Waals surface area (Å²) in [5, 5.41) is 9.85. The molecule has 21 heavy (non-hydrogen) atoms. The maximum Gasteiger partial charge on any atom is 0.222 e. The van der Waals surface area contributed by atoms with Crippen LogP contribution in [0.15, 0.2) is 0 Å². The second kappa shape index (κ2) is 9.38. The molecule has 1 heterocycles. The lowest BCUT2D eigenvalue weighted by Gasteiger charge is -2.27. The number of amides is 1. The molecule has 5 heteroatoms. The third-order valence-electron chi connectivity index (χ3n) is 4.33. The lowest BCUT2D eigenvalue weighted by Crippen LogP contribution is -2.41. The largest absolute Gasteiger partial charge is 0.391 e. The fraction of sp³-hybridized carbons (Fsp3) is 0.938.